The molecule has 0 aliphatic rings. The van der Waals surface area contributed by atoms with E-state index in [0.29, 0.717) is 0 Å². The van der Waals surface area contributed by atoms with Gasteiger partial charge in [-0.2, -0.15) is 0 Å². The van der Waals surface area contributed by atoms with E-state index in [1.165, 1.54) is 283 Å². The van der Waals surface area contributed by atoms with Gasteiger partial charge in [0.1, 0.15) is 0 Å². The summed E-state index contributed by atoms with van der Waals surface area (Å²) in [5, 5.41) is 9.72. The van der Waals surface area contributed by atoms with E-state index in [1.54, 1.807) is 0 Å². The summed E-state index contributed by atoms with van der Waals surface area (Å²) in [5.41, 5.74) is 0. The maximum atomic E-state index is 11.8. The van der Waals surface area contributed by atoms with Crippen LogP contribution in [0.4, 0.5) is 0 Å². The Hall–Kier alpha value is -0.830. The SMILES string of the molecule is CCCCCCCCCCCCCCCCCCC(CCCCCC/C=C\CCCCCCCCN(C)CCCCCCCCCCCCCCCCCC)C(=O)O. The topological polar surface area (TPSA) is 40.5 Å². The highest BCUT2D eigenvalue weighted by atomic mass is 16.4. The van der Waals surface area contributed by atoms with Crippen molar-refractivity contribution in [2.45, 2.75) is 309 Å². The second-order valence-corrected chi connectivity index (χ2v) is 19.1. The first kappa shape index (κ1) is 57.2. The van der Waals surface area contributed by atoms with Crippen LogP contribution < -0.4 is 0 Å². The number of carboxylic acids is 1. The van der Waals surface area contributed by atoms with Crippen LogP contribution in [0.15, 0.2) is 12.2 Å². The smallest absolute Gasteiger partial charge is 0.306 e. The molecule has 0 aromatic heterocycles. The Morgan fingerprint density at radius 1 is 0.362 bits per heavy atom. The third kappa shape index (κ3) is 47.8. The van der Waals surface area contributed by atoms with E-state index in [9.17, 15) is 9.90 Å². The molecule has 0 heterocycles. The predicted molar refractivity (Wildman–Crippen MR) is 261 cm³/mol. The van der Waals surface area contributed by atoms with Gasteiger partial charge in [-0.3, -0.25) is 4.79 Å². The molecular weight excluding hydrogens is 707 g/mol. The molecule has 3 nitrogen and oxygen atoms in total. The molecule has 0 aromatic rings. The number of hydrogen-bond donors (Lipinski definition) is 1. The van der Waals surface area contributed by atoms with Gasteiger partial charge in [0.2, 0.25) is 0 Å². The van der Waals surface area contributed by atoms with Crippen molar-refractivity contribution in [3.63, 3.8) is 0 Å². The Bertz CT molecular complexity index is 795. The predicted octanol–water partition coefficient (Wildman–Crippen LogP) is 19.2. The van der Waals surface area contributed by atoms with Crippen LogP contribution in [0, 0.1) is 5.92 Å². The molecule has 0 aromatic carbocycles. The molecule has 3 heteroatoms. The van der Waals surface area contributed by atoms with Crippen LogP contribution in [0.3, 0.4) is 0 Å². The molecule has 0 spiro atoms. The Morgan fingerprint density at radius 2 is 0.586 bits per heavy atom. The molecule has 0 saturated carbocycles. The summed E-state index contributed by atoms with van der Waals surface area (Å²) in [6.45, 7) is 7.16. The van der Waals surface area contributed by atoms with Gasteiger partial charge >= 0.3 is 5.97 Å². The van der Waals surface area contributed by atoms with Gasteiger partial charge in [0.25, 0.3) is 0 Å². The highest BCUT2D eigenvalue weighted by Gasteiger charge is 2.16. The standard InChI is InChI=1S/C55H109NO2/c1-4-6-8-10-12-14-16-18-20-22-26-30-34-38-42-46-50-54(55(57)58)51-47-43-39-35-31-27-23-25-29-33-37-41-45-49-53-56(3)52-48-44-40-36-32-28-24-21-19-17-15-13-11-9-7-5-2/h23,27,54H,4-22,24-26,28-53H2,1-3H3,(H,57,58)/b27-23-. The minimum Gasteiger partial charge on any atom is -0.481 e. The van der Waals surface area contributed by atoms with Gasteiger partial charge in [-0.05, 0) is 71.5 Å². The first-order chi connectivity index (χ1) is 28.6. The maximum absolute atomic E-state index is 11.8. The molecule has 58 heavy (non-hydrogen) atoms. The lowest BCUT2D eigenvalue weighted by Crippen LogP contribution is -2.20. The Balaban J connectivity index is 3.40. The van der Waals surface area contributed by atoms with Gasteiger partial charge in [0.15, 0.2) is 0 Å². The molecule has 0 radical (unpaired) electrons. The van der Waals surface area contributed by atoms with E-state index >= 15 is 0 Å². The lowest BCUT2D eigenvalue weighted by atomic mass is 9.94. The van der Waals surface area contributed by atoms with Crippen molar-refractivity contribution >= 4 is 5.97 Å². The normalized spacial score (nSPS) is 12.4. The van der Waals surface area contributed by atoms with Crippen LogP contribution in [0.5, 0.6) is 0 Å². The molecule has 0 aliphatic heterocycles. The highest BCUT2D eigenvalue weighted by molar-refractivity contribution is 5.69. The molecule has 1 N–H and O–H groups in total. The van der Waals surface area contributed by atoms with E-state index in [1.807, 2.05) is 0 Å². The molecule has 0 saturated heterocycles. The average molecular weight is 816 g/mol. The van der Waals surface area contributed by atoms with Gasteiger partial charge < -0.3 is 10.0 Å². The molecule has 0 aliphatic carbocycles. The van der Waals surface area contributed by atoms with Crippen LogP contribution in [0.2, 0.25) is 0 Å². The lowest BCUT2D eigenvalue weighted by Gasteiger charge is -2.16. The summed E-state index contributed by atoms with van der Waals surface area (Å²) < 4.78 is 0. The van der Waals surface area contributed by atoms with Gasteiger partial charge in [0.05, 0.1) is 5.92 Å². The molecule has 0 amide bonds. The molecule has 0 rings (SSSR count). The third-order valence-electron chi connectivity index (χ3n) is 13.1. The number of allylic oxidation sites excluding steroid dienone is 2. The fourth-order valence-electron chi connectivity index (χ4n) is 8.96. The van der Waals surface area contributed by atoms with Gasteiger partial charge in [-0.25, -0.2) is 0 Å². The number of carbonyl (C=O) groups is 1. The summed E-state index contributed by atoms with van der Waals surface area (Å²) in [6.07, 6.45) is 67.1. The lowest BCUT2D eigenvalue weighted by molar-refractivity contribution is -0.142. The summed E-state index contributed by atoms with van der Waals surface area (Å²) in [4.78, 5) is 14.4. The zero-order valence-corrected chi connectivity index (χ0v) is 40.5. The van der Waals surface area contributed by atoms with E-state index in [4.69, 9.17) is 0 Å². The summed E-state index contributed by atoms with van der Waals surface area (Å²) >= 11 is 0. The van der Waals surface area contributed by atoms with Crippen molar-refractivity contribution in [3.05, 3.63) is 12.2 Å². The molecule has 1 unspecified atom stereocenters. The van der Waals surface area contributed by atoms with E-state index in [2.05, 4.69) is 37.9 Å². The van der Waals surface area contributed by atoms with Gasteiger partial charge in [-0.1, -0.05) is 270 Å². The highest BCUT2D eigenvalue weighted by Crippen LogP contribution is 2.21. The molecular formula is C55H109NO2. The Labute approximate surface area is 366 Å². The quantitative estimate of drug-likeness (QED) is 0.0491. The first-order valence-electron chi connectivity index (χ1n) is 27.2. The number of aliphatic carboxylic acids is 1. The number of hydrogen-bond acceptors (Lipinski definition) is 2. The maximum Gasteiger partial charge on any atom is 0.306 e. The van der Waals surface area contributed by atoms with Crippen molar-refractivity contribution in [1.29, 1.82) is 0 Å². The van der Waals surface area contributed by atoms with E-state index in [0.717, 1.165) is 25.7 Å². The third-order valence-corrected chi connectivity index (χ3v) is 13.1. The molecule has 0 fully saturated rings. The fraction of sp³-hybridized carbons (Fsp3) is 0.945. The fourth-order valence-corrected chi connectivity index (χ4v) is 8.96. The summed E-state index contributed by atoms with van der Waals surface area (Å²) in [5.74, 6) is -0.682. The molecule has 0 bridgehead atoms. The zero-order chi connectivity index (χ0) is 42.1. The number of nitrogens with zero attached hydrogens (tertiary/aromatic N) is 1. The first-order valence-corrected chi connectivity index (χ1v) is 27.2. The van der Waals surface area contributed by atoms with Gasteiger partial charge in [-0.15, -0.1) is 0 Å². The van der Waals surface area contributed by atoms with Crippen LogP contribution >= 0.6 is 0 Å². The van der Waals surface area contributed by atoms with E-state index in [-0.39, 0.29) is 5.92 Å². The number of unbranched alkanes of at least 4 members (excludes halogenated alkanes) is 40. The monoisotopic (exact) mass is 816 g/mol. The Kier molecular flexibility index (Phi) is 49.8. The van der Waals surface area contributed by atoms with Gasteiger partial charge in [0, 0.05) is 0 Å². The molecule has 1 atom stereocenters. The van der Waals surface area contributed by atoms with Crippen LogP contribution in [-0.2, 0) is 4.79 Å². The van der Waals surface area contributed by atoms with Crippen LogP contribution in [-0.4, -0.2) is 36.1 Å². The average Bonchev–Trinajstić information content (AvgIpc) is 3.22. The second-order valence-electron chi connectivity index (χ2n) is 19.1. The largest absolute Gasteiger partial charge is 0.481 e. The van der Waals surface area contributed by atoms with Crippen molar-refractivity contribution in [2.24, 2.45) is 5.92 Å². The van der Waals surface area contributed by atoms with Crippen molar-refractivity contribution in [2.75, 3.05) is 20.1 Å². The zero-order valence-electron chi connectivity index (χ0n) is 40.5. The van der Waals surface area contributed by atoms with Crippen molar-refractivity contribution in [3.8, 4) is 0 Å². The second kappa shape index (κ2) is 50.5. The van der Waals surface area contributed by atoms with Crippen LogP contribution in [0.25, 0.3) is 0 Å². The Morgan fingerprint density at radius 3 is 0.845 bits per heavy atom. The number of carboxylic acid groups (broad SMARTS) is 1. The summed E-state index contributed by atoms with van der Waals surface area (Å²) in [6, 6.07) is 0. The minimum absolute atomic E-state index is 0.119. The minimum atomic E-state index is -0.563. The summed E-state index contributed by atoms with van der Waals surface area (Å²) in [7, 11) is 2.33. The number of rotatable bonds is 51. The molecule has 346 valence electrons. The van der Waals surface area contributed by atoms with Crippen molar-refractivity contribution in [1.82, 2.24) is 4.90 Å². The van der Waals surface area contributed by atoms with Crippen molar-refractivity contribution < 1.29 is 9.90 Å². The van der Waals surface area contributed by atoms with E-state index < -0.39 is 5.97 Å². The van der Waals surface area contributed by atoms with Crippen LogP contribution in [0.1, 0.15) is 309 Å².